The molecular formula is C15H20FN3O3. The monoisotopic (exact) mass is 309 g/mol. The fraction of sp³-hybridized carbons (Fsp3) is 0.533. The molecule has 1 fully saturated rings. The number of nitro groups is 1. The van der Waals surface area contributed by atoms with Gasteiger partial charge in [-0.05, 0) is 37.9 Å². The number of halogens is 1. The van der Waals surface area contributed by atoms with Crippen molar-refractivity contribution in [1.29, 1.82) is 0 Å². The van der Waals surface area contributed by atoms with E-state index in [9.17, 15) is 19.3 Å². The van der Waals surface area contributed by atoms with Crippen LogP contribution in [0.4, 0.5) is 10.1 Å². The molecule has 1 aromatic carbocycles. The molecule has 120 valence electrons. The molecule has 0 radical (unpaired) electrons. The molecule has 0 aromatic heterocycles. The molecule has 0 unspecified atom stereocenters. The van der Waals surface area contributed by atoms with E-state index in [0.29, 0.717) is 0 Å². The summed E-state index contributed by atoms with van der Waals surface area (Å²) in [5.41, 5.74) is -0.561. The van der Waals surface area contributed by atoms with Crippen LogP contribution in [0.5, 0.6) is 0 Å². The number of hydrogen-bond acceptors (Lipinski definition) is 4. The number of hydrogen-bond donors (Lipinski definition) is 1. The normalized spacial score (nSPS) is 16.5. The Bertz CT molecular complexity index is 557. The summed E-state index contributed by atoms with van der Waals surface area (Å²) in [7, 11) is 0. The van der Waals surface area contributed by atoms with Crippen LogP contribution in [0.3, 0.4) is 0 Å². The maximum atomic E-state index is 13.3. The maximum Gasteiger partial charge on any atom is 0.305 e. The number of carbonyl (C=O) groups is 1. The zero-order chi connectivity index (χ0) is 16.1. The van der Waals surface area contributed by atoms with Crippen LogP contribution in [0.25, 0.3) is 0 Å². The molecule has 1 saturated heterocycles. The number of rotatable bonds is 5. The van der Waals surface area contributed by atoms with E-state index in [1.807, 2.05) is 0 Å². The lowest BCUT2D eigenvalue weighted by molar-refractivity contribution is -0.387. The van der Waals surface area contributed by atoms with Gasteiger partial charge in [0.1, 0.15) is 0 Å². The minimum Gasteiger partial charge on any atom is -0.349 e. The number of nitrogens with one attached hydrogen (secondary N) is 1. The third-order valence-corrected chi connectivity index (χ3v) is 3.87. The summed E-state index contributed by atoms with van der Waals surface area (Å²) in [4.78, 5) is 24.4. The van der Waals surface area contributed by atoms with E-state index >= 15 is 0 Å². The number of benzene rings is 1. The second kappa shape index (κ2) is 7.31. The molecule has 1 aliphatic rings. The minimum absolute atomic E-state index is 0.0599. The first-order chi connectivity index (χ1) is 10.5. The van der Waals surface area contributed by atoms with Crippen LogP contribution in [0, 0.1) is 15.9 Å². The highest BCUT2D eigenvalue weighted by Crippen LogP contribution is 2.19. The van der Waals surface area contributed by atoms with Crippen molar-refractivity contribution in [2.24, 2.45) is 0 Å². The van der Waals surface area contributed by atoms with E-state index < -0.39 is 22.3 Å². The predicted octanol–water partition coefficient (Wildman–Crippen LogP) is 2.34. The molecule has 1 N–H and O–H groups in total. The molecule has 0 saturated carbocycles. The Morgan fingerprint density at radius 2 is 2.14 bits per heavy atom. The molecule has 1 amide bonds. The topological polar surface area (TPSA) is 75.5 Å². The lowest BCUT2D eigenvalue weighted by atomic mass is 10.0. The van der Waals surface area contributed by atoms with Gasteiger partial charge in [0.05, 0.1) is 4.92 Å². The lowest BCUT2D eigenvalue weighted by Crippen LogP contribution is -2.44. The highest BCUT2D eigenvalue weighted by molar-refractivity contribution is 5.95. The van der Waals surface area contributed by atoms with Gasteiger partial charge in [-0.25, -0.2) is 0 Å². The Morgan fingerprint density at radius 3 is 2.73 bits per heavy atom. The summed E-state index contributed by atoms with van der Waals surface area (Å²) in [6, 6.07) is 3.27. The summed E-state index contributed by atoms with van der Waals surface area (Å²) in [6.45, 7) is 5.06. The molecule has 2 rings (SSSR count). The number of likely N-dealkylation sites (tertiary alicyclic amines) is 1. The predicted molar refractivity (Wildman–Crippen MR) is 80.3 cm³/mol. The summed E-state index contributed by atoms with van der Waals surface area (Å²) >= 11 is 0. The molecule has 1 heterocycles. The van der Waals surface area contributed by atoms with Crippen LogP contribution in [-0.4, -0.2) is 41.4 Å². The average Bonchev–Trinajstić information content (AvgIpc) is 2.49. The fourth-order valence-corrected chi connectivity index (χ4v) is 2.68. The fourth-order valence-electron chi connectivity index (χ4n) is 2.68. The minimum atomic E-state index is -0.936. The van der Waals surface area contributed by atoms with Gasteiger partial charge in [0.25, 0.3) is 5.91 Å². The van der Waals surface area contributed by atoms with Gasteiger partial charge in [-0.2, -0.15) is 4.39 Å². The highest BCUT2D eigenvalue weighted by atomic mass is 19.1. The molecule has 6 nitrogen and oxygen atoms in total. The van der Waals surface area contributed by atoms with Crippen LogP contribution < -0.4 is 5.32 Å². The molecule has 7 heteroatoms. The first kappa shape index (κ1) is 16.4. The van der Waals surface area contributed by atoms with E-state index in [4.69, 9.17) is 0 Å². The van der Waals surface area contributed by atoms with Crippen molar-refractivity contribution in [3.05, 3.63) is 39.7 Å². The van der Waals surface area contributed by atoms with Gasteiger partial charge in [0.15, 0.2) is 0 Å². The van der Waals surface area contributed by atoms with Crippen molar-refractivity contribution >= 4 is 11.6 Å². The molecule has 22 heavy (non-hydrogen) atoms. The highest BCUT2D eigenvalue weighted by Gasteiger charge is 2.22. The summed E-state index contributed by atoms with van der Waals surface area (Å²) < 4.78 is 13.3. The van der Waals surface area contributed by atoms with Gasteiger partial charge in [0, 0.05) is 30.8 Å². The van der Waals surface area contributed by atoms with E-state index in [-0.39, 0.29) is 11.6 Å². The Kier molecular flexibility index (Phi) is 5.43. The second-order valence-electron chi connectivity index (χ2n) is 5.51. The van der Waals surface area contributed by atoms with Crippen LogP contribution in [0.1, 0.15) is 36.5 Å². The zero-order valence-corrected chi connectivity index (χ0v) is 12.5. The first-order valence-corrected chi connectivity index (χ1v) is 7.48. The largest absolute Gasteiger partial charge is 0.349 e. The summed E-state index contributed by atoms with van der Waals surface area (Å²) in [5.74, 6) is -1.33. The standard InChI is InChI=1S/C15H20FN3O3/c1-2-7-18-8-5-12(6-9-18)17-15(20)11-3-4-13(16)14(10-11)19(21)22/h3-4,10,12H,2,5-9H2,1H3,(H,17,20). The Hall–Kier alpha value is -2.02. The zero-order valence-electron chi connectivity index (χ0n) is 12.5. The lowest BCUT2D eigenvalue weighted by Gasteiger charge is -2.32. The molecule has 0 atom stereocenters. The van der Waals surface area contributed by atoms with Crippen LogP contribution >= 0.6 is 0 Å². The van der Waals surface area contributed by atoms with Crippen molar-refractivity contribution < 1.29 is 14.1 Å². The van der Waals surface area contributed by atoms with Gasteiger partial charge >= 0.3 is 5.69 Å². The van der Waals surface area contributed by atoms with Crippen LogP contribution in [0.2, 0.25) is 0 Å². The average molecular weight is 309 g/mol. The van der Waals surface area contributed by atoms with Gasteiger partial charge in [0.2, 0.25) is 5.82 Å². The van der Waals surface area contributed by atoms with Gasteiger partial charge < -0.3 is 10.2 Å². The molecule has 0 spiro atoms. The van der Waals surface area contributed by atoms with E-state index in [1.165, 1.54) is 6.07 Å². The third-order valence-electron chi connectivity index (χ3n) is 3.87. The summed E-state index contributed by atoms with van der Waals surface area (Å²) in [5, 5.41) is 13.6. The second-order valence-corrected chi connectivity index (χ2v) is 5.51. The molecular weight excluding hydrogens is 289 g/mol. The van der Waals surface area contributed by atoms with Crippen molar-refractivity contribution in [2.45, 2.75) is 32.2 Å². The van der Waals surface area contributed by atoms with E-state index in [0.717, 1.165) is 51.0 Å². The van der Waals surface area contributed by atoms with Crippen molar-refractivity contribution in [3.63, 3.8) is 0 Å². The SMILES string of the molecule is CCCN1CCC(NC(=O)c2ccc(F)c([N+](=O)[O-])c2)CC1. The summed E-state index contributed by atoms with van der Waals surface area (Å²) in [6.07, 6.45) is 2.82. The van der Waals surface area contributed by atoms with E-state index in [2.05, 4.69) is 17.1 Å². The number of carbonyl (C=O) groups excluding carboxylic acids is 1. The Morgan fingerprint density at radius 1 is 1.45 bits per heavy atom. The number of amides is 1. The number of piperidine rings is 1. The molecule has 1 aliphatic heterocycles. The Balaban J connectivity index is 1.96. The maximum absolute atomic E-state index is 13.3. The van der Waals surface area contributed by atoms with E-state index in [1.54, 1.807) is 0 Å². The van der Waals surface area contributed by atoms with Crippen LogP contribution in [0.15, 0.2) is 18.2 Å². The van der Waals surface area contributed by atoms with Gasteiger partial charge in [-0.1, -0.05) is 6.92 Å². The molecule has 0 bridgehead atoms. The van der Waals surface area contributed by atoms with Crippen molar-refractivity contribution in [1.82, 2.24) is 10.2 Å². The van der Waals surface area contributed by atoms with Crippen molar-refractivity contribution in [3.8, 4) is 0 Å². The van der Waals surface area contributed by atoms with Crippen LogP contribution in [-0.2, 0) is 0 Å². The van der Waals surface area contributed by atoms with Gasteiger partial charge in [-0.3, -0.25) is 14.9 Å². The smallest absolute Gasteiger partial charge is 0.305 e. The molecule has 0 aliphatic carbocycles. The third kappa shape index (κ3) is 4.00. The molecule has 1 aromatic rings. The number of nitro benzene ring substituents is 1. The quantitative estimate of drug-likeness (QED) is 0.669. The number of nitrogens with zero attached hydrogens (tertiary/aromatic N) is 2. The first-order valence-electron chi connectivity index (χ1n) is 7.48. The van der Waals surface area contributed by atoms with Gasteiger partial charge in [-0.15, -0.1) is 0 Å². The van der Waals surface area contributed by atoms with Crippen molar-refractivity contribution in [2.75, 3.05) is 19.6 Å². The Labute approximate surface area is 128 Å².